The molecule has 0 aliphatic heterocycles. The highest BCUT2D eigenvalue weighted by Gasteiger charge is 2.19. The van der Waals surface area contributed by atoms with Crippen LogP contribution in [0.5, 0.6) is 0 Å². The highest BCUT2D eigenvalue weighted by Crippen LogP contribution is 2.26. The number of nitrogens with one attached hydrogen (secondary N) is 1. The van der Waals surface area contributed by atoms with E-state index in [0.717, 1.165) is 34.9 Å². The summed E-state index contributed by atoms with van der Waals surface area (Å²) >= 11 is 3.45. The number of amides is 1. The van der Waals surface area contributed by atoms with Crippen molar-refractivity contribution in [2.24, 2.45) is 5.92 Å². The number of hydrogen-bond donors (Lipinski definition) is 1. The molecule has 0 aromatic heterocycles. The number of benzene rings is 2. The minimum atomic E-state index is -3.46. The summed E-state index contributed by atoms with van der Waals surface area (Å²) < 4.78 is 27.1. The Kier molecular flexibility index (Phi) is 9.56. The van der Waals surface area contributed by atoms with Gasteiger partial charge in [-0.1, -0.05) is 61.2 Å². The summed E-state index contributed by atoms with van der Waals surface area (Å²) in [5.41, 5.74) is 2.97. The van der Waals surface area contributed by atoms with Crippen molar-refractivity contribution in [3.8, 4) is 0 Å². The van der Waals surface area contributed by atoms with E-state index in [1.165, 1.54) is 17.0 Å². The van der Waals surface area contributed by atoms with Crippen LogP contribution in [0.2, 0.25) is 0 Å². The molecule has 2 aromatic carbocycles. The van der Waals surface area contributed by atoms with Crippen molar-refractivity contribution in [1.29, 1.82) is 0 Å². The second kappa shape index (κ2) is 11.7. The van der Waals surface area contributed by atoms with Gasteiger partial charge in [-0.3, -0.25) is 9.10 Å². The van der Waals surface area contributed by atoms with Crippen molar-refractivity contribution in [2.45, 2.75) is 53.0 Å². The quantitative estimate of drug-likeness (QED) is 0.425. The van der Waals surface area contributed by atoms with E-state index in [9.17, 15) is 13.2 Å². The van der Waals surface area contributed by atoms with Crippen molar-refractivity contribution in [2.75, 3.05) is 17.1 Å². The first kappa shape index (κ1) is 25.4. The maximum atomic E-state index is 12.5. The molecule has 0 radical (unpaired) electrons. The van der Waals surface area contributed by atoms with Crippen LogP contribution in [0.3, 0.4) is 0 Å². The van der Waals surface area contributed by atoms with Crippen LogP contribution in [0.4, 0.5) is 5.69 Å². The molecule has 1 amide bonds. The first-order chi connectivity index (χ1) is 14.7. The highest BCUT2D eigenvalue weighted by atomic mass is 79.9. The van der Waals surface area contributed by atoms with E-state index in [2.05, 4.69) is 35.1 Å². The predicted octanol–water partition coefficient (Wildman–Crippen LogP) is 5.67. The summed E-state index contributed by atoms with van der Waals surface area (Å²) in [7, 11) is -3.46. The number of sulfonamides is 1. The van der Waals surface area contributed by atoms with Crippen LogP contribution in [-0.4, -0.2) is 27.1 Å². The second-order valence-corrected chi connectivity index (χ2v) is 10.8. The maximum Gasteiger partial charge on any atom is 0.251 e. The molecule has 0 unspecified atom stereocenters. The average Bonchev–Trinajstić information content (AvgIpc) is 2.73. The third-order valence-electron chi connectivity index (χ3n) is 5.47. The molecular formula is C24H33BrN2O3S. The number of carbonyl (C=O) groups is 1. The lowest BCUT2D eigenvalue weighted by Gasteiger charge is -2.23. The van der Waals surface area contributed by atoms with Gasteiger partial charge in [0.1, 0.15) is 0 Å². The topological polar surface area (TPSA) is 66.5 Å². The van der Waals surface area contributed by atoms with Gasteiger partial charge in [0.25, 0.3) is 5.91 Å². The van der Waals surface area contributed by atoms with Gasteiger partial charge in [0.2, 0.25) is 10.0 Å². The molecule has 1 N–H and O–H groups in total. The number of nitrogens with zero attached hydrogens (tertiary/aromatic N) is 1. The molecule has 0 fully saturated rings. The zero-order chi connectivity index (χ0) is 23.0. The molecule has 0 spiro atoms. The third kappa shape index (κ3) is 7.65. The van der Waals surface area contributed by atoms with Crippen molar-refractivity contribution in [3.05, 3.63) is 63.6 Å². The Hall–Kier alpha value is -1.86. The number of hydrogen-bond acceptors (Lipinski definition) is 3. The molecule has 2 aromatic rings. The first-order valence-corrected chi connectivity index (χ1v) is 13.4. The van der Waals surface area contributed by atoms with Crippen LogP contribution in [0.1, 0.15) is 61.0 Å². The van der Waals surface area contributed by atoms with E-state index in [0.29, 0.717) is 23.7 Å². The van der Waals surface area contributed by atoms with Gasteiger partial charge in [-0.2, -0.15) is 0 Å². The fourth-order valence-electron chi connectivity index (χ4n) is 3.39. The van der Waals surface area contributed by atoms with E-state index in [4.69, 9.17) is 0 Å². The summed E-state index contributed by atoms with van der Waals surface area (Å²) in [5.74, 6) is 0.408. The Morgan fingerprint density at radius 2 is 1.81 bits per heavy atom. The van der Waals surface area contributed by atoms with E-state index in [1.54, 1.807) is 18.2 Å². The molecule has 5 nitrogen and oxygen atoms in total. The fraction of sp³-hybridized carbons (Fsp3) is 0.458. The summed E-state index contributed by atoms with van der Waals surface area (Å²) in [6.07, 6.45) is 5.72. The van der Waals surface area contributed by atoms with E-state index < -0.39 is 10.0 Å². The second-order valence-electron chi connectivity index (χ2n) is 8.03. The summed E-state index contributed by atoms with van der Waals surface area (Å²) in [6.45, 7) is 7.14. The standard InChI is InChI=1S/C24H33BrN2O3S/c1-5-7-8-19(6-2)16-26-24(28)21-11-9-20(10-12-21)17-27(31(4,29)30)22-13-14-23(25)18(3)15-22/h9-15,19H,5-8,16-17H2,1-4H3,(H,26,28)/t19-/m0/s1. The van der Waals surface area contributed by atoms with Gasteiger partial charge >= 0.3 is 0 Å². The summed E-state index contributed by atoms with van der Waals surface area (Å²) in [6, 6.07) is 12.6. The molecule has 170 valence electrons. The van der Waals surface area contributed by atoms with Crippen molar-refractivity contribution >= 4 is 37.5 Å². The number of halogens is 1. The molecule has 0 saturated heterocycles. The van der Waals surface area contributed by atoms with Crippen LogP contribution >= 0.6 is 15.9 Å². The Labute approximate surface area is 195 Å². The molecule has 0 aliphatic carbocycles. The zero-order valence-electron chi connectivity index (χ0n) is 18.8. The number of unbranched alkanes of at least 4 members (excludes halogenated alkanes) is 1. The van der Waals surface area contributed by atoms with Gasteiger partial charge in [-0.15, -0.1) is 0 Å². The lowest BCUT2D eigenvalue weighted by atomic mass is 9.99. The average molecular weight is 510 g/mol. The van der Waals surface area contributed by atoms with Gasteiger partial charge < -0.3 is 5.32 Å². The van der Waals surface area contributed by atoms with Crippen LogP contribution in [-0.2, 0) is 16.6 Å². The molecule has 0 aliphatic rings. The smallest absolute Gasteiger partial charge is 0.251 e. The highest BCUT2D eigenvalue weighted by molar-refractivity contribution is 9.10. The van der Waals surface area contributed by atoms with Crippen LogP contribution in [0, 0.1) is 12.8 Å². The van der Waals surface area contributed by atoms with E-state index in [1.807, 2.05) is 31.2 Å². The zero-order valence-corrected chi connectivity index (χ0v) is 21.2. The summed E-state index contributed by atoms with van der Waals surface area (Å²) in [5, 5.41) is 3.03. The molecule has 0 saturated carbocycles. The molecular weight excluding hydrogens is 476 g/mol. The van der Waals surface area contributed by atoms with E-state index >= 15 is 0 Å². The van der Waals surface area contributed by atoms with Crippen LogP contribution in [0.15, 0.2) is 46.9 Å². The Morgan fingerprint density at radius 3 is 2.35 bits per heavy atom. The Morgan fingerprint density at radius 1 is 1.13 bits per heavy atom. The van der Waals surface area contributed by atoms with Gasteiger partial charge in [-0.25, -0.2) is 8.42 Å². The van der Waals surface area contributed by atoms with Crippen molar-refractivity contribution in [1.82, 2.24) is 5.32 Å². The molecule has 7 heteroatoms. The van der Waals surface area contributed by atoms with E-state index in [-0.39, 0.29) is 12.5 Å². The van der Waals surface area contributed by atoms with Crippen LogP contribution in [0.25, 0.3) is 0 Å². The predicted molar refractivity (Wildman–Crippen MR) is 132 cm³/mol. The normalized spacial score (nSPS) is 12.4. The van der Waals surface area contributed by atoms with Gasteiger partial charge in [0.05, 0.1) is 18.5 Å². The van der Waals surface area contributed by atoms with Gasteiger partial charge in [0, 0.05) is 16.6 Å². The molecule has 0 bridgehead atoms. The monoisotopic (exact) mass is 508 g/mol. The number of anilines is 1. The SMILES string of the molecule is CCCC[C@H](CC)CNC(=O)c1ccc(CN(c2ccc(Br)c(C)c2)S(C)(=O)=O)cc1. The van der Waals surface area contributed by atoms with Crippen molar-refractivity contribution in [3.63, 3.8) is 0 Å². The number of carbonyl (C=O) groups excluding carboxylic acids is 1. The van der Waals surface area contributed by atoms with Gasteiger partial charge in [-0.05, 0) is 60.7 Å². The molecule has 2 rings (SSSR count). The molecule has 0 heterocycles. The fourth-order valence-corrected chi connectivity index (χ4v) is 4.52. The lowest BCUT2D eigenvalue weighted by Crippen LogP contribution is -2.30. The maximum absolute atomic E-state index is 12.5. The molecule has 1 atom stereocenters. The number of rotatable bonds is 11. The lowest BCUT2D eigenvalue weighted by molar-refractivity contribution is 0.0946. The van der Waals surface area contributed by atoms with Gasteiger partial charge in [0.15, 0.2) is 0 Å². The largest absolute Gasteiger partial charge is 0.352 e. The Balaban J connectivity index is 2.08. The van der Waals surface area contributed by atoms with Crippen molar-refractivity contribution < 1.29 is 13.2 Å². The number of aryl methyl sites for hydroxylation is 1. The first-order valence-electron chi connectivity index (χ1n) is 10.8. The Bertz CT molecular complexity index is 975. The third-order valence-corrected chi connectivity index (χ3v) is 7.50. The van der Waals surface area contributed by atoms with Crippen LogP contribution < -0.4 is 9.62 Å². The summed E-state index contributed by atoms with van der Waals surface area (Å²) in [4.78, 5) is 12.5. The molecule has 31 heavy (non-hydrogen) atoms. The minimum absolute atomic E-state index is 0.0926. The minimum Gasteiger partial charge on any atom is -0.352 e.